The van der Waals surface area contributed by atoms with Gasteiger partial charge in [-0.05, 0) is 56.5 Å². The van der Waals surface area contributed by atoms with Crippen molar-refractivity contribution in [3.05, 3.63) is 34.9 Å². The van der Waals surface area contributed by atoms with Gasteiger partial charge in [-0.15, -0.1) is 0 Å². The topological polar surface area (TPSA) is 59.6 Å². The Hall–Kier alpha value is -1.14. The Morgan fingerprint density at radius 2 is 2.00 bits per heavy atom. The van der Waals surface area contributed by atoms with Gasteiger partial charge >= 0.3 is 0 Å². The largest absolute Gasteiger partial charge is 0.384 e. The van der Waals surface area contributed by atoms with Crippen LogP contribution in [0.3, 0.4) is 0 Å². The molecule has 0 radical (unpaired) electrons. The standard InChI is InChI=1S/C20H29ClN2O3/c1-25-15-20(5-9-22-10-6-20)18(24)23-14-19(7-11-26-12-8-19)16-3-2-4-17(21)13-16/h2-4,13,22H,5-12,14-15H2,1H3,(H,23,24). The molecule has 2 aliphatic rings. The van der Waals surface area contributed by atoms with E-state index < -0.39 is 5.41 Å². The summed E-state index contributed by atoms with van der Waals surface area (Å²) in [5.74, 6) is 0.105. The summed E-state index contributed by atoms with van der Waals surface area (Å²) < 4.78 is 11.0. The normalized spacial score (nSPS) is 21.9. The summed E-state index contributed by atoms with van der Waals surface area (Å²) in [6.45, 7) is 4.18. The van der Waals surface area contributed by atoms with Crippen LogP contribution in [0.4, 0.5) is 0 Å². The summed E-state index contributed by atoms with van der Waals surface area (Å²) in [6.07, 6.45) is 3.37. The summed E-state index contributed by atoms with van der Waals surface area (Å²) in [6, 6.07) is 8.00. The molecule has 1 amide bonds. The molecular formula is C20H29ClN2O3. The fourth-order valence-corrected chi connectivity index (χ4v) is 4.39. The second-order valence-electron chi connectivity index (χ2n) is 7.55. The number of nitrogens with one attached hydrogen (secondary N) is 2. The molecule has 0 saturated carbocycles. The third-order valence-electron chi connectivity index (χ3n) is 5.94. The van der Waals surface area contributed by atoms with Crippen LogP contribution in [-0.4, -0.2) is 52.5 Å². The van der Waals surface area contributed by atoms with Crippen molar-refractivity contribution >= 4 is 17.5 Å². The van der Waals surface area contributed by atoms with E-state index in [1.807, 2.05) is 18.2 Å². The molecule has 6 heteroatoms. The van der Waals surface area contributed by atoms with Crippen molar-refractivity contribution in [2.45, 2.75) is 31.1 Å². The number of carbonyl (C=O) groups excluding carboxylic acids is 1. The van der Waals surface area contributed by atoms with E-state index >= 15 is 0 Å². The molecule has 2 saturated heterocycles. The van der Waals surface area contributed by atoms with E-state index in [0.717, 1.165) is 43.8 Å². The molecule has 26 heavy (non-hydrogen) atoms. The number of hydrogen-bond acceptors (Lipinski definition) is 4. The maximum absolute atomic E-state index is 13.1. The predicted molar refractivity (Wildman–Crippen MR) is 103 cm³/mol. The quantitative estimate of drug-likeness (QED) is 0.796. The lowest BCUT2D eigenvalue weighted by Crippen LogP contribution is -2.53. The van der Waals surface area contributed by atoms with Crippen LogP contribution in [0.2, 0.25) is 5.02 Å². The molecule has 1 aromatic carbocycles. The smallest absolute Gasteiger partial charge is 0.228 e. The van der Waals surface area contributed by atoms with Gasteiger partial charge in [0.15, 0.2) is 0 Å². The van der Waals surface area contributed by atoms with Gasteiger partial charge in [0, 0.05) is 37.3 Å². The van der Waals surface area contributed by atoms with Gasteiger partial charge in [-0.1, -0.05) is 23.7 Å². The molecule has 144 valence electrons. The van der Waals surface area contributed by atoms with Crippen molar-refractivity contribution in [3.8, 4) is 0 Å². The lowest BCUT2D eigenvalue weighted by molar-refractivity contribution is -0.136. The van der Waals surface area contributed by atoms with Gasteiger partial charge in [0.25, 0.3) is 0 Å². The zero-order valence-electron chi connectivity index (χ0n) is 15.5. The summed E-state index contributed by atoms with van der Waals surface area (Å²) in [5.41, 5.74) is 0.625. The number of benzene rings is 1. The first-order chi connectivity index (χ1) is 12.6. The van der Waals surface area contributed by atoms with E-state index in [9.17, 15) is 4.79 Å². The first-order valence-electron chi connectivity index (χ1n) is 9.42. The molecular weight excluding hydrogens is 352 g/mol. The summed E-state index contributed by atoms with van der Waals surface area (Å²) in [7, 11) is 1.67. The van der Waals surface area contributed by atoms with E-state index in [1.54, 1.807) is 7.11 Å². The number of methoxy groups -OCH3 is 1. The Morgan fingerprint density at radius 3 is 2.65 bits per heavy atom. The first-order valence-corrected chi connectivity index (χ1v) is 9.80. The molecule has 0 aliphatic carbocycles. The number of rotatable bonds is 6. The fourth-order valence-electron chi connectivity index (χ4n) is 4.20. The van der Waals surface area contributed by atoms with Crippen LogP contribution in [0.15, 0.2) is 24.3 Å². The average molecular weight is 381 g/mol. The van der Waals surface area contributed by atoms with Gasteiger partial charge in [0.2, 0.25) is 5.91 Å². The number of halogens is 1. The van der Waals surface area contributed by atoms with Crippen molar-refractivity contribution in [2.75, 3.05) is 46.6 Å². The molecule has 2 aliphatic heterocycles. The number of hydrogen-bond donors (Lipinski definition) is 2. The van der Waals surface area contributed by atoms with Crippen molar-refractivity contribution in [2.24, 2.45) is 5.41 Å². The Morgan fingerprint density at radius 1 is 1.27 bits per heavy atom. The second kappa shape index (κ2) is 8.70. The molecule has 0 unspecified atom stereocenters. The Balaban J connectivity index is 1.76. The van der Waals surface area contributed by atoms with Crippen LogP contribution < -0.4 is 10.6 Å². The van der Waals surface area contributed by atoms with Crippen LogP contribution in [0.5, 0.6) is 0 Å². The molecule has 2 N–H and O–H groups in total. The van der Waals surface area contributed by atoms with Crippen LogP contribution in [0.1, 0.15) is 31.2 Å². The number of amides is 1. The molecule has 3 rings (SSSR count). The Labute approximate surface area is 160 Å². The molecule has 0 bridgehead atoms. The highest BCUT2D eigenvalue weighted by molar-refractivity contribution is 6.30. The molecule has 1 aromatic rings. The van der Waals surface area contributed by atoms with Gasteiger partial charge in [-0.3, -0.25) is 4.79 Å². The third kappa shape index (κ3) is 4.22. The van der Waals surface area contributed by atoms with E-state index in [-0.39, 0.29) is 11.3 Å². The maximum Gasteiger partial charge on any atom is 0.228 e. The minimum atomic E-state index is -0.430. The molecule has 5 nitrogen and oxygen atoms in total. The van der Waals surface area contributed by atoms with Crippen molar-refractivity contribution in [1.29, 1.82) is 0 Å². The molecule has 2 fully saturated rings. The first kappa shape index (κ1) is 19.6. The lowest BCUT2D eigenvalue weighted by atomic mass is 9.73. The number of ether oxygens (including phenoxy) is 2. The van der Waals surface area contributed by atoms with Crippen molar-refractivity contribution in [1.82, 2.24) is 10.6 Å². The lowest BCUT2D eigenvalue weighted by Gasteiger charge is -2.40. The van der Waals surface area contributed by atoms with Crippen molar-refractivity contribution in [3.63, 3.8) is 0 Å². The van der Waals surface area contributed by atoms with Gasteiger partial charge in [0.1, 0.15) is 0 Å². The minimum absolute atomic E-state index is 0.105. The van der Waals surface area contributed by atoms with Crippen LogP contribution in [-0.2, 0) is 19.7 Å². The molecule has 2 heterocycles. The molecule has 0 atom stereocenters. The number of carbonyl (C=O) groups is 1. The predicted octanol–water partition coefficient (Wildman–Crippen LogP) is 2.52. The minimum Gasteiger partial charge on any atom is -0.384 e. The van der Waals surface area contributed by atoms with Crippen LogP contribution in [0.25, 0.3) is 0 Å². The summed E-state index contributed by atoms with van der Waals surface area (Å²) in [5, 5.41) is 7.32. The maximum atomic E-state index is 13.1. The Kier molecular flexibility index (Phi) is 6.56. The highest BCUT2D eigenvalue weighted by Crippen LogP contribution is 2.36. The highest BCUT2D eigenvalue weighted by atomic mass is 35.5. The third-order valence-corrected chi connectivity index (χ3v) is 6.17. The van der Waals surface area contributed by atoms with E-state index in [2.05, 4.69) is 16.7 Å². The van der Waals surface area contributed by atoms with Gasteiger partial charge < -0.3 is 20.1 Å². The van der Waals surface area contributed by atoms with Gasteiger partial charge in [0.05, 0.1) is 12.0 Å². The van der Waals surface area contributed by atoms with Crippen molar-refractivity contribution < 1.29 is 14.3 Å². The monoisotopic (exact) mass is 380 g/mol. The fraction of sp³-hybridized carbons (Fsp3) is 0.650. The Bertz CT molecular complexity index is 605. The summed E-state index contributed by atoms with van der Waals surface area (Å²) >= 11 is 6.23. The summed E-state index contributed by atoms with van der Waals surface area (Å²) in [4.78, 5) is 13.1. The van der Waals surface area contributed by atoms with E-state index in [0.29, 0.717) is 26.4 Å². The van der Waals surface area contributed by atoms with Gasteiger partial charge in [-0.2, -0.15) is 0 Å². The molecule has 0 spiro atoms. The average Bonchev–Trinajstić information content (AvgIpc) is 2.68. The second-order valence-corrected chi connectivity index (χ2v) is 7.99. The highest BCUT2D eigenvalue weighted by Gasteiger charge is 2.41. The number of piperidine rings is 1. The van der Waals surface area contributed by atoms with Crippen LogP contribution in [0, 0.1) is 5.41 Å². The zero-order valence-corrected chi connectivity index (χ0v) is 16.2. The SMILES string of the molecule is COCC1(C(=O)NCC2(c3cccc(Cl)c3)CCOCC2)CCNCC1. The molecule has 0 aromatic heterocycles. The van der Waals surface area contributed by atoms with E-state index in [4.69, 9.17) is 21.1 Å². The zero-order chi connectivity index (χ0) is 18.5. The van der Waals surface area contributed by atoms with Gasteiger partial charge in [-0.25, -0.2) is 0 Å². The van der Waals surface area contributed by atoms with E-state index in [1.165, 1.54) is 5.56 Å². The van der Waals surface area contributed by atoms with Crippen LogP contribution >= 0.6 is 11.6 Å².